The lowest BCUT2D eigenvalue weighted by atomic mass is 9.94. The molecule has 0 spiro atoms. The van der Waals surface area contributed by atoms with Crippen LogP contribution in [-0.4, -0.2) is 4.98 Å². The minimum absolute atomic E-state index is 1.02. The second kappa shape index (κ2) is 6.59. The van der Waals surface area contributed by atoms with Crippen LogP contribution < -0.4 is 0 Å². The molecule has 0 fully saturated rings. The number of aromatic nitrogens is 1. The zero-order chi connectivity index (χ0) is 22.2. The molecule has 1 heteroatoms. The average Bonchev–Trinajstić information content (AvgIpc) is 3.46. The monoisotopic (exact) mass is 431 g/mol. The summed E-state index contributed by atoms with van der Waals surface area (Å²) in [7, 11) is 0. The Morgan fingerprint density at radius 2 is 1.18 bits per heavy atom. The fourth-order valence-corrected chi connectivity index (χ4v) is 5.98. The third-order valence-electron chi connectivity index (χ3n) is 7.60. The molecule has 1 aliphatic carbocycles. The van der Waals surface area contributed by atoms with Gasteiger partial charge in [0.05, 0.1) is 0 Å². The van der Waals surface area contributed by atoms with Crippen molar-refractivity contribution in [2.24, 2.45) is 0 Å². The molecule has 1 aromatic heterocycles. The Bertz CT molecular complexity index is 1940. The van der Waals surface area contributed by atoms with Gasteiger partial charge >= 0.3 is 0 Å². The molecule has 158 valence electrons. The summed E-state index contributed by atoms with van der Waals surface area (Å²) >= 11 is 0. The summed E-state index contributed by atoms with van der Waals surface area (Å²) in [4.78, 5) is 3.62. The number of H-pyrrole nitrogens is 1. The summed E-state index contributed by atoms with van der Waals surface area (Å²) in [6.45, 7) is 0. The van der Waals surface area contributed by atoms with Gasteiger partial charge in [-0.1, -0.05) is 84.9 Å². The highest BCUT2D eigenvalue weighted by molar-refractivity contribution is 6.20. The molecular weight excluding hydrogens is 410 g/mol. The molecule has 0 amide bonds. The van der Waals surface area contributed by atoms with Gasteiger partial charge in [0.2, 0.25) is 0 Å². The molecule has 1 heterocycles. The second-order valence-corrected chi connectivity index (χ2v) is 9.46. The van der Waals surface area contributed by atoms with E-state index in [1.54, 1.807) is 0 Å². The van der Waals surface area contributed by atoms with Crippen molar-refractivity contribution in [2.75, 3.05) is 0 Å². The minimum atomic E-state index is 1.02. The Hall–Kier alpha value is -4.36. The minimum Gasteiger partial charge on any atom is -0.354 e. The Balaban J connectivity index is 1.36. The van der Waals surface area contributed by atoms with Crippen LogP contribution in [-0.2, 0) is 6.42 Å². The van der Waals surface area contributed by atoms with Crippen LogP contribution in [0.5, 0.6) is 0 Å². The van der Waals surface area contributed by atoms with Crippen LogP contribution in [0.1, 0.15) is 11.1 Å². The molecule has 1 aliphatic rings. The molecule has 6 aromatic carbocycles. The van der Waals surface area contributed by atoms with Crippen molar-refractivity contribution in [1.29, 1.82) is 0 Å². The first-order valence-corrected chi connectivity index (χ1v) is 11.9. The van der Waals surface area contributed by atoms with E-state index in [9.17, 15) is 0 Å². The number of rotatable bonds is 1. The zero-order valence-corrected chi connectivity index (χ0v) is 18.6. The predicted octanol–water partition coefficient (Wildman–Crippen LogP) is 8.87. The number of fused-ring (bicyclic) bond motifs is 10. The quantitative estimate of drug-likeness (QED) is 0.267. The van der Waals surface area contributed by atoms with Crippen LogP contribution in [0.4, 0.5) is 0 Å². The smallest absolute Gasteiger partial charge is 0.0471 e. The zero-order valence-electron chi connectivity index (χ0n) is 18.6. The summed E-state index contributed by atoms with van der Waals surface area (Å²) < 4.78 is 0. The van der Waals surface area contributed by atoms with Crippen LogP contribution in [0.25, 0.3) is 65.6 Å². The largest absolute Gasteiger partial charge is 0.354 e. The van der Waals surface area contributed by atoms with E-state index in [1.807, 2.05) is 0 Å². The maximum atomic E-state index is 3.62. The first-order valence-electron chi connectivity index (χ1n) is 11.9. The number of hydrogen-bond donors (Lipinski definition) is 1. The molecule has 0 unspecified atom stereocenters. The molecule has 0 saturated carbocycles. The van der Waals surface area contributed by atoms with E-state index in [0.717, 1.165) is 6.42 Å². The predicted molar refractivity (Wildman–Crippen MR) is 144 cm³/mol. The van der Waals surface area contributed by atoms with Gasteiger partial charge in [-0.05, 0) is 85.6 Å². The molecule has 34 heavy (non-hydrogen) atoms. The van der Waals surface area contributed by atoms with Crippen molar-refractivity contribution in [3.05, 3.63) is 120 Å². The maximum absolute atomic E-state index is 3.62. The highest BCUT2D eigenvalue weighted by atomic mass is 14.7. The molecule has 7 aromatic rings. The SMILES string of the molecule is c1ccc2c3c(ccc2c1)Cc1ccc(-c2ccc4[nH]c5ccc6ccccc6c5c4c2)cc1-3. The normalized spacial score (nSPS) is 12.6. The Morgan fingerprint density at radius 1 is 0.500 bits per heavy atom. The number of hydrogen-bond acceptors (Lipinski definition) is 0. The third-order valence-corrected chi connectivity index (χ3v) is 7.60. The van der Waals surface area contributed by atoms with Crippen molar-refractivity contribution >= 4 is 43.4 Å². The van der Waals surface area contributed by atoms with Crippen LogP contribution in [0, 0.1) is 0 Å². The standard InChI is InChI=1S/C33H21N/c1-3-7-26-20(5-1)9-12-25-17-24-11-10-22(18-28(24)32(25)26)23-14-15-30-29(19-23)33-27-8-4-2-6-21(27)13-16-31(33)34-30/h1-16,18-19,34H,17H2. The molecule has 0 radical (unpaired) electrons. The van der Waals surface area contributed by atoms with Crippen LogP contribution in [0.3, 0.4) is 0 Å². The van der Waals surface area contributed by atoms with Gasteiger partial charge in [0, 0.05) is 21.8 Å². The topological polar surface area (TPSA) is 15.8 Å². The van der Waals surface area contributed by atoms with Gasteiger partial charge in [-0.15, -0.1) is 0 Å². The summed E-state index contributed by atoms with van der Waals surface area (Å²) in [6, 6.07) is 40.3. The lowest BCUT2D eigenvalue weighted by Gasteiger charge is -2.09. The summed E-state index contributed by atoms with van der Waals surface area (Å²) in [5, 5.41) is 7.85. The summed E-state index contributed by atoms with van der Waals surface area (Å²) in [6.07, 6.45) is 1.02. The highest BCUT2D eigenvalue weighted by Crippen LogP contribution is 2.43. The van der Waals surface area contributed by atoms with Gasteiger partial charge in [0.15, 0.2) is 0 Å². The average molecular weight is 432 g/mol. The van der Waals surface area contributed by atoms with E-state index in [1.165, 1.54) is 76.7 Å². The molecule has 8 rings (SSSR count). The van der Waals surface area contributed by atoms with Gasteiger partial charge in [-0.2, -0.15) is 0 Å². The molecule has 1 nitrogen and oxygen atoms in total. The lowest BCUT2D eigenvalue weighted by Crippen LogP contribution is -1.84. The van der Waals surface area contributed by atoms with Crippen LogP contribution >= 0.6 is 0 Å². The first-order chi connectivity index (χ1) is 16.8. The van der Waals surface area contributed by atoms with Crippen molar-refractivity contribution in [3.8, 4) is 22.3 Å². The van der Waals surface area contributed by atoms with Crippen LogP contribution in [0.2, 0.25) is 0 Å². The third kappa shape index (κ3) is 2.44. The van der Waals surface area contributed by atoms with Crippen LogP contribution in [0.15, 0.2) is 109 Å². The van der Waals surface area contributed by atoms with Gasteiger partial charge in [0.1, 0.15) is 0 Å². The second-order valence-electron chi connectivity index (χ2n) is 9.46. The fourth-order valence-electron chi connectivity index (χ4n) is 5.98. The van der Waals surface area contributed by atoms with Crippen molar-refractivity contribution in [2.45, 2.75) is 6.42 Å². The summed E-state index contributed by atoms with van der Waals surface area (Å²) in [5.74, 6) is 0. The van der Waals surface area contributed by atoms with E-state index in [2.05, 4.69) is 114 Å². The Morgan fingerprint density at radius 3 is 2.09 bits per heavy atom. The number of aromatic amines is 1. The molecule has 0 bridgehead atoms. The fraction of sp³-hybridized carbons (Fsp3) is 0.0303. The van der Waals surface area contributed by atoms with Gasteiger partial charge in [-0.3, -0.25) is 0 Å². The van der Waals surface area contributed by atoms with E-state index in [0.29, 0.717) is 0 Å². The molecule has 0 atom stereocenters. The Labute approximate surface area is 197 Å². The van der Waals surface area contributed by atoms with Crippen molar-refractivity contribution in [1.82, 2.24) is 4.98 Å². The van der Waals surface area contributed by atoms with E-state index < -0.39 is 0 Å². The van der Waals surface area contributed by atoms with Gasteiger partial charge in [-0.25, -0.2) is 0 Å². The van der Waals surface area contributed by atoms with Crippen molar-refractivity contribution in [3.63, 3.8) is 0 Å². The maximum Gasteiger partial charge on any atom is 0.0471 e. The first kappa shape index (κ1) is 18.1. The Kier molecular flexibility index (Phi) is 3.51. The van der Waals surface area contributed by atoms with E-state index in [4.69, 9.17) is 0 Å². The summed E-state index contributed by atoms with van der Waals surface area (Å²) in [5.41, 5.74) is 10.6. The van der Waals surface area contributed by atoms with E-state index in [-0.39, 0.29) is 0 Å². The van der Waals surface area contributed by atoms with Crippen molar-refractivity contribution < 1.29 is 0 Å². The lowest BCUT2D eigenvalue weighted by molar-refractivity contribution is 1.27. The van der Waals surface area contributed by atoms with Gasteiger partial charge < -0.3 is 4.98 Å². The molecular formula is C33H21N. The molecule has 0 aliphatic heterocycles. The molecule has 1 N–H and O–H groups in total. The number of nitrogens with one attached hydrogen (secondary N) is 1. The highest BCUT2D eigenvalue weighted by Gasteiger charge is 2.21. The van der Waals surface area contributed by atoms with E-state index >= 15 is 0 Å². The van der Waals surface area contributed by atoms with Gasteiger partial charge in [0.25, 0.3) is 0 Å². The molecule has 0 saturated heterocycles. The number of benzene rings is 6.